The molecule has 0 heterocycles. The summed E-state index contributed by atoms with van der Waals surface area (Å²) in [5, 5.41) is 15.9. The monoisotopic (exact) mass is 512 g/mol. The van der Waals surface area contributed by atoms with Crippen molar-refractivity contribution in [2.24, 2.45) is 0 Å². The molecule has 0 spiro atoms. The van der Waals surface area contributed by atoms with Gasteiger partial charge in [-0.25, -0.2) is 9.59 Å². The van der Waals surface area contributed by atoms with Gasteiger partial charge in [0.1, 0.15) is 0 Å². The Morgan fingerprint density at radius 3 is 1.47 bits per heavy atom. The van der Waals surface area contributed by atoms with E-state index in [1.165, 1.54) is 0 Å². The van der Waals surface area contributed by atoms with Crippen molar-refractivity contribution < 1.29 is 68.2 Å². The summed E-state index contributed by atoms with van der Waals surface area (Å²) in [5.74, 6) is -1.75. The third-order valence-corrected chi connectivity index (χ3v) is 4.00. The lowest BCUT2D eigenvalue weighted by molar-refractivity contribution is -0.139. The zero-order valence-corrected chi connectivity index (χ0v) is 19.8. The number of carbonyl (C=O) groups is 2. The molecule has 0 radical (unpaired) electrons. The van der Waals surface area contributed by atoms with Gasteiger partial charge in [0.25, 0.3) is 0 Å². The maximum atomic E-state index is 11.0. The first kappa shape index (κ1) is 37.9. The third kappa shape index (κ3) is 33.2. The number of aliphatic hydroxyl groups excluding tert-OH is 1. The first-order chi connectivity index (χ1) is 14.1. The number of hydrogen-bond donors (Lipinski definition) is 6. The largest absolute Gasteiger partial charge is 0.478 e. The average molecular weight is 512 g/mol. The Labute approximate surface area is 186 Å². The van der Waals surface area contributed by atoms with Gasteiger partial charge in [-0.05, 0) is 13.8 Å². The van der Waals surface area contributed by atoms with E-state index in [1.54, 1.807) is 13.8 Å². The second-order valence-corrected chi connectivity index (χ2v) is 8.98. The number of ether oxygens (including phenoxy) is 3. The molecule has 0 aliphatic carbocycles. The van der Waals surface area contributed by atoms with Crippen molar-refractivity contribution in [3.05, 3.63) is 24.3 Å². The van der Waals surface area contributed by atoms with Crippen molar-refractivity contribution >= 4 is 27.1 Å². The van der Waals surface area contributed by atoms with E-state index in [2.05, 4.69) is 22.6 Å². The smallest absolute Gasteiger partial charge is 0.335 e. The molecule has 0 aliphatic heterocycles. The number of aliphatic carboxylic acids is 1. The molecule has 0 aromatic carbocycles. The number of carbonyl (C=O) groups excluding carboxylic acids is 1. The summed E-state index contributed by atoms with van der Waals surface area (Å²) in [5.41, 5.74) is -0.0201. The second kappa shape index (κ2) is 21.4. The van der Waals surface area contributed by atoms with Crippen molar-refractivity contribution in [3.63, 3.8) is 0 Å². The van der Waals surface area contributed by atoms with Gasteiger partial charge in [-0.3, -0.25) is 9.13 Å². The van der Waals surface area contributed by atoms with Gasteiger partial charge in [0.2, 0.25) is 0 Å². The lowest BCUT2D eigenvalue weighted by Crippen LogP contribution is -2.13. The lowest BCUT2D eigenvalue weighted by Gasteiger charge is -2.07. The molecule has 0 aliphatic rings. The van der Waals surface area contributed by atoms with Gasteiger partial charge in [0.15, 0.2) is 0 Å². The topological polar surface area (TPSA) is 249 Å². The Hall–Kier alpha value is -1.44. The molecule has 0 bridgehead atoms. The summed E-state index contributed by atoms with van der Waals surface area (Å²) in [6.07, 6.45) is -0.789. The van der Waals surface area contributed by atoms with Crippen molar-refractivity contribution in [1.82, 2.24) is 0 Å². The van der Waals surface area contributed by atoms with Crippen LogP contribution in [-0.2, 0) is 32.9 Å². The maximum absolute atomic E-state index is 11.0. The SMILES string of the molecule is C=C(COCCP(=O)(O)O)C(=O)O.C=C(COCCP(=O)(O)O)C(=O)OCC.CCO.O. The molecule has 0 saturated heterocycles. The van der Waals surface area contributed by atoms with Crippen LogP contribution >= 0.6 is 15.2 Å². The number of aliphatic hydroxyl groups is 1. The highest BCUT2D eigenvalue weighted by atomic mass is 31.2. The van der Waals surface area contributed by atoms with E-state index in [9.17, 15) is 18.7 Å². The van der Waals surface area contributed by atoms with E-state index in [-0.39, 0.29) is 62.4 Å². The Morgan fingerprint density at radius 2 is 1.19 bits per heavy atom. The van der Waals surface area contributed by atoms with Gasteiger partial charge in [0.05, 0.1) is 56.5 Å². The molecular weight excluding hydrogens is 478 g/mol. The summed E-state index contributed by atoms with van der Waals surface area (Å²) >= 11 is 0. The molecule has 8 N–H and O–H groups in total. The van der Waals surface area contributed by atoms with Crippen LogP contribution in [0, 0.1) is 0 Å². The molecule has 0 unspecified atom stereocenters. The van der Waals surface area contributed by atoms with Gasteiger partial charge >= 0.3 is 27.1 Å². The molecule has 0 amide bonds. The lowest BCUT2D eigenvalue weighted by atomic mass is 10.3. The molecule has 0 fully saturated rings. The van der Waals surface area contributed by atoms with Crippen molar-refractivity contribution in [1.29, 1.82) is 0 Å². The van der Waals surface area contributed by atoms with Crippen molar-refractivity contribution in [2.45, 2.75) is 13.8 Å². The second-order valence-electron chi connectivity index (χ2n) is 5.43. The van der Waals surface area contributed by atoms with Crippen LogP contribution in [0.1, 0.15) is 13.8 Å². The predicted octanol–water partition coefficient (Wildman–Crippen LogP) is -0.705. The van der Waals surface area contributed by atoms with Crippen LogP contribution in [0.3, 0.4) is 0 Å². The fourth-order valence-corrected chi connectivity index (χ4v) is 1.85. The summed E-state index contributed by atoms with van der Waals surface area (Å²) in [6, 6.07) is 0. The van der Waals surface area contributed by atoms with E-state index >= 15 is 0 Å². The zero-order valence-electron chi connectivity index (χ0n) is 18.0. The van der Waals surface area contributed by atoms with Crippen LogP contribution in [0.4, 0.5) is 0 Å². The van der Waals surface area contributed by atoms with E-state index in [0.29, 0.717) is 0 Å². The molecule has 192 valence electrons. The quantitative estimate of drug-likeness (QED) is 0.0773. The minimum atomic E-state index is -4.05. The summed E-state index contributed by atoms with van der Waals surface area (Å²) in [7, 11) is -8.08. The molecular formula is C16H34O14P2. The van der Waals surface area contributed by atoms with Crippen LogP contribution in [-0.4, -0.2) is 99.2 Å². The highest BCUT2D eigenvalue weighted by molar-refractivity contribution is 7.52. The van der Waals surface area contributed by atoms with Crippen LogP contribution in [0.2, 0.25) is 0 Å². The summed E-state index contributed by atoms with van der Waals surface area (Å²) in [4.78, 5) is 54.9. The van der Waals surface area contributed by atoms with Crippen molar-refractivity contribution in [3.8, 4) is 0 Å². The first-order valence-electron chi connectivity index (χ1n) is 8.72. The average Bonchev–Trinajstić information content (AvgIpc) is 2.61. The van der Waals surface area contributed by atoms with E-state index in [4.69, 9.17) is 34.5 Å². The molecule has 0 aromatic heterocycles. The van der Waals surface area contributed by atoms with Crippen LogP contribution in [0.5, 0.6) is 0 Å². The number of rotatable bonds is 13. The fraction of sp³-hybridized carbons (Fsp3) is 0.625. The first-order valence-corrected chi connectivity index (χ1v) is 12.3. The molecule has 0 aromatic rings. The van der Waals surface area contributed by atoms with Crippen LogP contribution in [0.15, 0.2) is 24.3 Å². The minimum Gasteiger partial charge on any atom is -0.478 e. The number of hydrogen-bond acceptors (Lipinski definition) is 8. The van der Waals surface area contributed by atoms with Crippen LogP contribution < -0.4 is 0 Å². The third-order valence-electron chi connectivity index (χ3n) is 2.47. The summed E-state index contributed by atoms with van der Waals surface area (Å²) in [6.45, 7) is 9.81. The Balaban J connectivity index is -0.000000213. The summed E-state index contributed by atoms with van der Waals surface area (Å²) < 4.78 is 34.8. The fourth-order valence-electron chi connectivity index (χ4n) is 1.11. The predicted molar refractivity (Wildman–Crippen MR) is 114 cm³/mol. The van der Waals surface area contributed by atoms with Gasteiger partial charge < -0.3 is 49.5 Å². The minimum absolute atomic E-state index is 0. The Kier molecular flexibility index (Phi) is 25.3. The molecule has 0 saturated carbocycles. The normalized spacial score (nSPS) is 10.3. The standard InChI is InChI=1S/C8H15O6P.C6H11O6P.C2H6O.H2O/c1-3-14-8(9)7(2)6-13-4-5-15(10,11)12;1-5(6(7)8)4-12-2-3-13(9,10)11;1-2-3;/h2-6H2,1H3,(H2,10,11,12);1-4H2,(H,7,8)(H2,9,10,11);3H,2H2,1H3;1H2. The molecule has 16 heteroatoms. The maximum Gasteiger partial charge on any atom is 0.335 e. The van der Waals surface area contributed by atoms with Gasteiger partial charge in [-0.1, -0.05) is 13.2 Å². The van der Waals surface area contributed by atoms with Crippen LogP contribution in [0.25, 0.3) is 0 Å². The van der Waals surface area contributed by atoms with Gasteiger partial charge in [-0.2, -0.15) is 0 Å². The Bertz CT molecular complexity index is 637. The number of esters is 1. The molecule has 14 nitrogen and oxygen atoms in total. The highest BCUT2D eigenvalue weighted by Crippen LogP contribution is 2.33. The van der Waals surface area contributed by atoms with E-state index < -0.39 is 33.3 Å². The van der Waals surface area contributed by atoms with Crippen molar-refractivity contribution in [2.75, 3.05) is 52.0 Å². The van der Waals surface area contributed by atoms with Gasteiger partial charge in [0, 0.05) is 6.61 Å². The molecule has 0 atom stereocenters. The number of carboxylic acid groups (broad SMARTS) is 1. The van der Waals surface area contributed by atoms with Gasteiger partial charge in [-0.15, -0.1) is 0 Å². The highest BCUT2D eigenvalue weighted by Gasteiger charge is 2.14. The molecule has 32 heavy (non-hydrogen) atoms. The van der Waals surface area contributed by atoms with E-state index in [1.807, 2.05) is 0 Å². The number of carboxylic acids is 1. The molecule has 0 rings (SSSR count). The Morgan fingerprint density at radius 1 is 0.844 bits per heavy atom. The zero-order chi connectivity index (χ0) is 25.1. The van der Waals surface area contributed by atoms with E-state index in [0.717, 1.165) is 0 Å².